The van der Waals surface area contributed by atoms with Crippen LogP contribution in [-0.4, -0.2) is 24.6 Å². The molecule has 1 aliphatic rings. The second kappa shape index (κ2) is 6.61. The largest absolute Gasteiger partial charge is 0.487 e. The van der Waals surface area contributed by atoms with Gasteiger partial charge in [0.15, 0.2) is 0 Å². The lowest BCUT2D eigenvalue weighted by molar-refractivity contribution is -0.117. The molecule has 0 spiro atoms. The van der Waals surface area contributed by atoms with Crippen molar-refractivity contribution in [2.75, 3.05) is 22.5 Å². The number of hydrogen-bond acceptors (Lipinski definition) is 4. The van der Waals surface area contributed by atoms with Gasteiger partial charge >= 0.3 is 0 Å². The Labute approximate surface area is 146 Å². The second-order valence-corrected chi connectivity index (χ2v) is 6.36. The van der Waals surface area contributed by atoms with E-state index in [4.69, 9.17) is 22.1 Å². The van der Waals surface area contributed by atoms with Gasteiger partial charge in [0.25, 0.3) is 0 Å². The van der Waals surface area contributed by atoms with Crippen LogP contribution in [0.1, 0.15) is 13.8 Å². The molecule has 0 saturated heterocycles. The molecule has 24 heavy (non-hydrogen) atoms. The predicted octanol–water partition coefficient (Wildman–Crippen LogP) is 3.54. The Morgan fingerprint density at radius 1 is 1.38 bits per heavy atom. The van der Waals surface area contributed by atoms with Gasteiger partial charge in [0.2, 0.25) is 5.91 Å². The fourth-order valence-electron chi connectivity index (χ4n) is 2.80. The highest BCUT2D eigenvalue weighted by Gasteiger charge is 2.30. The van der Waals surface area contributed by atoms with E-state index in [1.807, 2.05) is 43.0 Å². The van der Waals surface area contributed by atoms with E-state index in [2.05, 4.69) is 5.32 Å². The van der Waals surface area contributed by atoms with E-state index in [0.717, 1.165) is 5.69 Å². The minimum atomic E-state index is -0.380. The predicted molar refractivity (Wildman–Crippen MR) is 97.8 cm³/mol. The summed E-state index contributed by atoms with van der Waals surface area (Å²) < 4.78 is 5.84. The number of amides is 1. The van der Waals surface area contributed by atoms with Gasteiger partial charge in [-0.1, -0.05) is 23.7 Å². The van der Waals surface area contributed by atoms with Gasteiger partial charge in [-0.05, 0) is 38.1 Å². The summed E-state index contributed by atoms with van der Waals surface area (Å²) in [6, 6.07) is 12.3. The molecule has 5 nitrogen and oxygen atoms in total. The smallest absolute Gasteiger partial charge is 0.246 e. The highest BCUT2D eigenvalue weighted by Crippen LogP contribution is 2.36. The van der Waals surface area contributed by atoms with Crippen molar-refractivity contribution in [3.05, 3.63) is 47.5 Å². The fraction of sp³-hybridized carbons (Fsp3) is 0.278. The molecule has 3 rings (SSSR count). The number of fused-ring (bicyclic) bond motifs is 1. The monoisotopic (exact) mass is 345 g/mol. The van der Waals surface area contributed by atoms with Crippen LogP contribution in [-0.2, 0) is 4.79 Å². The molecule has 0 saturated carbocycles. The van der Waals surface area contributed by atoms with Gasteiger partial charge in [-0.25, -0.2) is 0 Å². The zero-order valence-electron chi connectivity index (χ0n) is 13.6. The first-order chi connectivity index (χ1) is 11.5. The quantitative estimate of drug-likeness (QED) is 0.835. The summed E-state index contributed by atoms with van der Waals surface area (Å²) in [4.78, 5) is 14.7. The van der Waals surface area contributed by atoms with E-state index in [-0.39, 0.29) is 18.1 Å². The van der Waals surface area contributed by atoms with Crippen molar-refractivity contribution >= 4 is 34.6 Å². The van der Waals surface area contributed by atoms with E-state index in [1.165, 1.54) is 0 Å². The molecule has 126 valence electrons. The number of nitrogen functional groups attached to an aromatic ring is 1. The normalized spacial score (nSPS) is 17.6. The standard InChI is InChI=1S/C18H20ClN3O2/c1-11-10-22(16-8-7-13(20)9-17(16)24-11)12(2)18(23)21-15-6-4-3-5-14(15)19/h3-9,11-12H,10,20H2,1-2H3,(H,21,23). The maximum absolute atomic E-state index is 12.7. The van der Waals surface area contributed by atoms with Crippen LogP contribution in [0.25, 0.3) is 0 Å². The third-order valence-corrected chi connectivity index (χ3v) is 4.38. The van der Waals surface area contributed by atoms with Crippen LogP contribution in [0.2, 0.25) is 5.02 Å². The van der Waals surface area contributed by atoms with Crippen LogP contribution >= 0.6 is 11.6 Å². The first kappa shape index (κ1) is 16.5. The van der Waals surface area contributed by atoms with E-state index in [9.17, 15) is 4.79 Å². The van der Waals surface area contributed by atoms with Crippen LogP contribution in [0.3, 0.4) is 0 Å². The number of hydrogen-bond donors (Lipinski definition) is 2. The summed E-state index contributed by atoms with van der Waals surface area (Å²) >= 11 is 6.12. The zero-order chi connectivity index (χ0) is 17.3. The van der Waals surface area contributed by atoms with Gasteiger partial charge in [0.05, 0.1) is 22.9 Å². The van der Waals surface area contributed by atoms with Crippen molar-refractivity contribution in [3.8, 4) is 5.75 Å². The minimum absolute atomic E-state index is 0.0325. The molecule has 2 unspecified atom stereocenters. The molecule has 0 fully saturated rings. The number of nitrogens with one attached hydrogen (secondary N) is 1. The van der Waals surface area contributed by atoms with Gasteiger partial charge < -0.3 is 20.7 Å². The molecule has 2 aromatic rings. The Balaban J connectivity index is 1.83. The summed E-state index contributed by atoms with van der Waals surface area (Å²) in [5.41, 5.74) is 7.94. The lowest BCUT2D eigenvalue weighted by Crippen LogP contribution is -2.48. The molecule has 1 amide bonds. The number of carbonyl (C=O) groups excluding carboxylic acids is 1. The van der Waals surface area contributed by atoms with E-state index in [0.29, 0.717) is 28.7 Å². The molecule has 0 bridgehead atoms. The molecule has 6 heteroatoms. The average molecular weight is 346 g/mol. The van der Waals surface area contributed by atoms with E-state index >= 15 is 0 Å². The Hall–Kier alpha value is -2.40. The summed E-state index contributed by atoms with van der Waals surface area (Å²) in [7, 11) is 0. The third-order valence-electron chi connectivity index (χ3n) is 4.05. The number of carbonyl (C=O) groups is 1. The molecule has 2 atom stereocenters. The van der Waals surface area contributed by atoms with Crippen LogP contribution < -0.4 is 20.7 Å². The Morgan fingerprint density at radius 3 is 2.88 bits per heavy atom. The summed E-state index contributed by atoms with van der Waals surface area (Å²) in [6.07, 6.45) is -0.0325. The Morgan fingerprint density at radius 2 is 2.12 bits per heavy atom. The van der Waals surface area contributed by atoms with E-state index in [1.54, 1.807) is 18.2 Å². The fourth-order valence-corrected chi connectivity index (χ4v) is 2.98. The van der Waals surface area contributed by atoms with Crippen molar-refractivity contribution in [1.29, 1.82) is 0 Å². The second-order valence-electron chi connectivity index (χ2n) is 5.95. The van der Waals surface area contributed by atoms with Gasteiger partial charge in [0.1, 0.15) is 17.9 Å². The van der Waals surface area contributed by atoms with Crippen LogP contribution in [0.15, 0.2) is 42.5 Å². The molecule has 0 radical (unpaired) electrons. The number of benzene rings is 2. The molecule has 1 aliphatic heterocycles. The zero-order valence-corrected chi connectivity index (χ0v) is 14.4. The molecule has 0 aromatic heterocycles. The topological polar surface area (TPSA) is 67.6 Å². The van der Waals surface area contributed by atoms with E-state index < -0.39 is 0 Å². The van der Waals surface area contributed by atoms with Gasteiger partial charge in [0, 0.05) is 11.8 Å². The molecule has 1 heterocycles. The summed E-state index contributed by atoms with van der Waals surface area (Å²) in [6.45, 7) is 4.45. The van der Waals surface area contributed by atoms with Crippen molar-refractivity contribution in [2.24, 2.45) is 0 Å². The maximum atomic E-state index is 12.7. The van der Waals surface area contributed by atoms with Crippen molar-refractivity contribution in [2.45, 2.75) is 26.0 Å². The highest BCUT2D eigenvalue weighted by atomic mass is 35.5. The number of nitrogens with zero attached hydrogens (tertiary/aromatic N) is 1. The SMILES string of the molecule is CC1CN(C(C)C(=O)Nc2ccccc2Cl)c2ccc(N)cc2O1. The summed E-state index contributed by atoms with van der Waals surface area (Å²) in [5, 5.41) is 3.40. The van der Waals surface area contributed by atoms with Crippen LogP contribution in [0.4, 0.5) is 17.1 Å². The Kier molecular flexibility index (Phi) is 4.53. The molecule has 0 aliphatic carbocycles. The van der Waals surface area contributed by atoms with Crippen LogP contribution in [0, 0.1) is 0 Å². The third kappa shape index (κ3) is 3.26. The molecule has 2 aromatic carbocycles. The average Bonchev–Trinajstić information content (AvgIpc) is 2.55. The number of rotatable bonds is 3. The first-order valence-corrected chi connectivity index (χ1v) is 8.21. The van der Waals surface area contributed by atoms with Gasteiger partial charge in [-0.2, -0.15) is 0 Å². The lowest BCUT2D eigenvalue weighted by Gasteiger charge is -2.38. The van der Waals surface area contributed by atoms with Gasteiger partial charge in [-0.3, -0.25) is 4.79 Å². The van der Waals surface area contributed by atoms with Crippen molar-refractivity contribution < 1.29 is 9.53 Å². The summed E-state index contributed by atoms with van der Waals surface area (Å²) in [5.74, 6) is 0.575. The maximum Gasteiger partial charge on any atom is 0.246 e. The minimum Gasteiger partial charge on any atom is -0.487 e. The number of halogens is 1. The number of ether oxygens (including phenoxy) is 1. The van der Waals surface area contributed by atoms with Crippen molar-refractivity contribution in [3.63, 3.8) is 0 Å². The lowest BCUT2D eigenvalue weighted by atomic mass is 10.1. The highest BCUT2D eigenvalue weighted by molar-refractivity contribution is 6.33. The first-order valence-electron chi connectivity index (χ1n) is 7.84. The van der Waals surface area contributed by atoms with Crippen LogP contribution in [0.5, 0.6) is 5.75 Å². The number of para-hydroxylation sites is 1. The number of nitrogens with two attached hydrogens (primary N) is 1. The molecule has 3 N–H and O–H groups in total. The molecular weight excluding hydrogens is 326 g/mol. The molecular formula is C18H20ClN3O2. The van der Waals surface area contributed by atoms with Gasteiger partial charge in [-0.15, -0.1) is 0 Å². The van der Waals surface area contributed by atoms with Crippen molar-refractivity contribution in [1.82, 2.24) is 0 Å². The Bertz CT molecular complexity index is 766. The number of anilines is 3.